The molecule has 0 aromatic heterocycles. The van der Waals surface area contributed by atoms with E-state index in [1.807, 2.05) is 6.92 Å². The van der Waals surface area contributed by atoms with Gasteiger partial charge in [-0.1, -0.05) is 6.42 Å². The van der Waals surface area contributed by atoms with Crippen molar-refractivity contribution >= 4 is 29.9 Å². The van der Waals surface area contributed by atoms with Crippen LogP contribution in [0.3, 0.4) is 0 Å². The lowest BCUT2D eigenvalue weighted by Gasteiger charge is -2.33. The Labute approximate surface area is 153 Å². The number of piperidine rings is 1. The van der Waals surface area contributed by atoms with E-state index >= 15 is 0 Å². The molecule has 0 radical (unpaired) electrons. The minimum Gasteiger partial charge on any atom is -0.382 e. The molecular formula is C16H35IN4O. The molecule has 1 unspecified atom stereocenters. The minimum atomic E-state index is 0. The lowest BCUT2D eigenvalue weighted by molar-refractivity contribution is 0.146. The lowest BCUT2D eigenvalue weighted by Crippen LogP contribution is -2.45. The second-order valence-corrected chi connectivity index (χ2v) is 5.62. The van der Waals surface area contributed by atoms with Crippen LogP contribution < -0.4 is 10.6 Å². The zero-order chi connectivity index (χ0) is 15.3. The van der Waals surface area contributed by atoms with Crippen LogP contribution in [-0.2, 0) is 4.74 Å². The van der Waals surface area contributed by atoms with Crippen LogP contribution in [-0.4, -0.2) is 62.8 Å². The summed E-state index contributed by atoms with van der Waals surface area (Å²) in [6.45, 7) is 13.1. The summed E-state index contributed by atoms with van der Waals surface area (Å²) in [5, 5.41) is 6.74. The van der Waals surface area contributed by atoms with E-state index in [1.165, 1.54) is 25.8 Å². The van der Waals surface area contributed by atoms with Crippen LogP contribution in [0.25, 0.3) is 0 Å². The van der Waals surface area contributed by atoms with Crippen molar-refractivity contribution in [2.45, 2.75) is 52.5 Å². The van der Waals surface area contributed by atoms with Crippen LogP contribution in [0.15, 0.2) is 4.99 Å². The van der Waals surface area contributed by atoms with Crippen LogP contribution in [0.2, 0.25) is 0 Å². The molecule has 0 amide bonds. The van der Waals surface area contributed by atoms with Crippen molar-refractivity contribution in [3.05, 3.63) is 0 Å². The molecule has 1 aliphatic heterocycles. The molecule has 1 atom stereocenters. The highest BCUT2D eigenvalue weighted by atomic mass is 127. The van der Waals surface area contributed by atoms with Gasteiger partial charge in [-0.3, -0.25) is 9.89 Å². The molecule has 1 aliphatic rings. The van der Waals surface area contributed by atoms with Crippen molar-refractivity contribution in [1.82, 2.24) is 15.5 Å². The number of aliphatic imine (C=N–C) groups is 1. The van der Waals surface area contributed by atoms with Gasteiger partial charge in [-0.05, 0) is 46.6 Å². The van der Waals surface area contributed by atoms with Gasteiger partial charge in [0.05, 0.1) is 0 Å². The van der Waals surface area contributed by atoms with Crippen molar-refractivity contribution < 1.29 is 4.74 Å². The van der Waals surface area contributed by atoms with E-state index in [4.69, 9.17) is 4.74 Å². The van der Waals surface area contributed by atoms with Crippen molar-refractivity contribution in [2.75, 3.05) is 45.9 Å². The smallest absolute Gasteiger partial charge is 0.191 e. The first kappa shape index (κ1) is 21.9. The predicted octanol–water partition coefficient (Wildman–Crippen LogP) is 2.46. The highest BCUT2D eigenvalue weighted by molar-refractivity contribution is 14.0. The number of halogens is 1. The van der Waals surface area contributed by atoms with Crippen molar-refractivity contribution in [3.63, 3.8) is 0 Å². The molecule has 2 N–H and O–H groups in total. The fourth-order valence-electron chi connectivity index (χ4n) is 2.65. The number of likely N-dealkylation sites (tertiary alicyclic amines) is 1. The topological polar surface area (TPSA) is 48.9 Å². The number of hydrogen-bond acceptors (Lipinski definition) is 3. The summed E-state index contributed by atoms with van der Waals surface area (Å²) < 4.78 is 5.33. The Morgan fingerprint density at radius 2 is 2.09 bits per heavy atom. The monoisotopic (exact) mass is 426 g/mol. The third kappa shape index (κ3) is 9.84. The number of guanidine groups is 1. The van der Waals surface area contributed by atoms with Gasteiger partial charge in [0, 0.05) is 45.4 Å². The SMILES string of the molecule is CCNC(=NCCCOCC)NCCN1CCCCC1C.I. The summed E-state index contributed by atoms with van der Waals surface area (Å²) in [5.74, 6) is 0.929. The maximum atomic E-state index is 5.33. The van der Waals surface area contributed by atoms with E-state index < -0.39 is 0 Å². The molecule has 22 heavy (non-hydrogen) atoms. The zero-order valence-corrected chi connectivity index (χ0v) is 16.9. The normalized spacial score (nSPS) is 19.6. The Bertz CT molecular complexity index is 289. The second kappa shape index (κ2) is 14.5. The molecule has 0 spiro atoms. The number of rotatable bonds is 9. The van der Waals surface area contributed by atoms with Gasteiger partial charge in [0.2, 0.25) is 0 Å². The largest absolute Gasteiger partial charge is 0.382 e. The van der Waals surface area contributed by atoms with Gasteiger partial charge in [0.25, 0.3) is 0 Å². The molecular weight excluding hydrogens is 391 g/mol. The van der Waals surface area contributed by atoms with E-state index in [2.05, 4.69) is 34.4 Å². The zero-order valence-electron chi connectivity index (χ0n) is 14.6. The second-order valence-electron chi connectivity index (χ2n) is 5.62. The quantitative estimate of drug-likeness (QED) is 0.258. The third-order valence-electron chi connectivity index (χ3n) is 3.90. The van der Waals surface area contributed by atoms with Crippen LogP contribution in [0.1, 0.15) is 46.5 Å². The van der Waals surface area contributed by atoms with Gasteiger partial charge >= 0.3 is 0 Å². The van der Waals surface area contributed by atoms with Gasteiger partial charge in [0.1, 0.15) is 0 Å². The van der Waals surface area contributed by atoms with Crippen LogP contribution in [0.4, 0.5) is 0 Å². The standard InChI is InChI=1S/C16H34N4O.HI/c1-4-17-16(18-10-8-14-21-5-2)19-11-13-20-12-7-6-9-15(20)3;/h15H,4-14H2,1-3H3,(H2,17,18,19);1H. The van der Waals surface area contributed by atoms with Crippen molar-refractivity contribution in [2.24, 2.45) is 4.99 Å². The molecule has 1 fully saturated rings. The van der Waals surface area contributed by atoms with Gasteiger partial charge in [0.15, 0.2) is 5.96 Å². The fraction of sp³-hybridized carbons (Fsp3) is 0.938. The maximum Gasteiger partial charge on any atom is 0.191 e. The van der Waals surface area contributed by atoms with Gasteiger partial charge < -0.3 is 15.4 Å². The Balaban J connectivity index is 0.00000441. The molecule has 132 valence electrons. The van der Waals surface area contributed by atoms with Gasteiger partial charge in [-0.25, -0.2) is 0 Å². The summed E-state index contributed by atoms with van der Waals surface area (Å²) >= 11 is 0. The summed E-state index contributed by atoms with van der Waals surface area (Å²) in [6.07, 6.45) is 5.05. The van der Waals surface area contributed by atoms with E-state index in [9.17, 15) is 0 Å². The van der Waals surface area contributed by atoms with E-state index in [0.29, 0.717) is 0 Å². The summed E-state index contributed by atoms with van der Waals surface area (Å²) in [6, 6.07) is 0.728. The Hall–Kier alpha value is -0.0800. The van der Waals surface area contributed by atoms with E-state index in [0.717, 1.165) is 57.8 Å². The summed E-state index contributed by atoms with van der Waals surface area (Å²) in [7, 11) is 0. The van der Waals surface area contributed by atoms with Gasteiger partial charge in [-0.2, -0.15) is 0 Å². The maximum absolute atomic E-state index is 5.33. The Morgan fingerprint density at radius 3 is 2.77 bits per heavy atom. The lowest BCUT2D eigenvalue weighted by atomic mass is 10.0. The average Bonchev–Trinajstić information content (AvgIpc) is 2.49. The molecule has 0 aliphatic carbocycles. The fourth-order valence-corrected chi connectivity index (χ4v) is 2.65. The van der Waals surface area contributed by atoms with E-state index in [-0.39, 0.29) is 24.0 Å². The molecule has 5 nitrogen and oxygen atoms in total. The first-order valence-corrected chi connectivity index (χ1v) is 8.61. The average molecular weight is 426 g/mol. The first-order chi connectivity index (χ1) is 10.3. The molecule has 0 saturated carbocycles. The first-order valence-electron chi connectivity index (χ1n) is 8.61. The molecule has 0 bridgehead atoms. The van der Waals surface area contributed by atoms with Crippen LogP contribution in [0.5, 0.6) is 0 Å². The molecule has 1 heterocycles. The minimum absolute atomic E-state index is 0. The Morgan fingerprint density at radius 1 is 1.27 bits per heavy atom. The molecule has 0 aromatic rings. The molecule has 1 saturated heterocycles. The summed E-state index contributed by atoms with van der Waals surface area (Å²) in [4.78, 5) is 7.16. The number of hydrogen-bond donors (Lipinski definition) is 2. The Kier molecular flexibility index (Phi) is 14.5. The van der Waals surface area contributed by atoms with E-state index in [1.54, 1.807) is 0 Å². The van der Waals surface area contributed by atoms with Crippen LogP contribution >= 0.6 is 24.0 Å². The summed E-state index contributed by atoms with van der Waals surface area (Å²) in [5.41, 5.74) is 0. The number of nitrogens with one attached hydrogen (secondary N) is 2. The number of ether oxygens (including phenoxy) is 1. The predicted molar refractivity (Wildman–Crippen MR) is 105 cm³/mol. The van der Waals surface area contributed by atoms with Gasteiger partial charge in [-0.15, -0.1) is 24.0 Å². The van der Waals surface area contributed by atoms with Crippen molar-refractivity contribution in [1.29, 1.82) is 0 Å². The molecule has 6 heteroatoms. The molecule has 1 rings (SSSR count). The highest BCUT2D eigenvalue weighted by Crippen LogP contribution is 2.15. The van der Waals surface area contributed by atoms with Crippen LogP contribution in [0, 0.1) is 0 Å². The highest BCUT2D eigenvalue weighted by Gasteiger charge is 2.17. The third-order valence-corrected chi connectivity index (χ3v) is 3.90. The van der Waals surface area contributed by atoms with Crippen molar-refractivity contribution in [3.8, 4) is 0 Å². The number of nitrogens with zero attached hydrogens (tertiary/aromatic N) is 2. The molecule has 0 aromatic carbocycles.